The van der Waals surface area contributed by atoms with Crippen LogP contribution in [0.4, 0.5) is 0 Å². The van der Waals surface area contributed by atoms with Gasteiger partial charge in [0.25, 0.3) is 0 Å². The molecule has 0 amide bonds. The van der Waals surface area contributed by atoms with E-state index in [2.05, 4.69) is 9.97 Å². The highest BCUT2D eigenvalue weighted by atomic mass is 35.5. The number of ether oxygens (including phenoxy) is 1. The molecule has 0 radical (unpaired) electrons. The molecule has 0 atom stereocenters. The van der Waals surface area contributed by atoms with Crippen molar-refractivity contribution in [3.63, 3.8) is 0 Å². The van der Waals surface area contributed by atoms with E-state index >= 15 is 0 Å². The highest BCUT2D eigenvalue weighted by molar-refractivity contribution is 6.36. The lowest BCUT2D eigenvalue weighted by molar-refractivity contribution is 0.0689. The highest BCUT2D eigenvalue weighted by Crippen LogP contribution is 2.25. The number of nitrogens with zero attached hydrogens (tertiary/aromatic N) is 2. The largest absolute Gasteiger partial charge is 0.476 e. The molecule has 3 rings (SSSR count). The van der Waals surface area contributed by atoms with Gasteiger partial charge in [0.2, 0.25) is 5.88 Å². The third-order valence-electron chi connectivity index (χ3n) is 3.49. The number of aliphatic hydroxyl groups excluding tert-OH is 1. The molecule has 0 bridgehead atoms. The summed E-state index contributed by atoms with van der Waals surface area (Å²) in [4.78, 5) is 18.1. The van der Waals surface area contributed by atoms with Crippen LogP contribution >= 0.6 is 46.4 Å². The second kappa shape index (κ2) is 11.2. The van der Waals surface area contributed by atoms with Crippen molar-refractivity contribution in [2.24, 2.45) is 0 Å². The number of carboxylic acids is 1. The summed E-state index contributed by atoms with van der Waals surface area (Å²) < 4.78 is 5.35. The number of halogens is 4. The number of aliphatic hydroxyl groups is 1. The fourth-order valence-corrected chi connectivity index (χ4v) is 3.02. The SMILES string of the molecule is O=C(O)c1cnc(OCc2c(Cl)cccc2Cl)cn1.OCc1c(Cl)cccc1Cl. The highest BCUT2D eigenvalue weighted by Gasteiger charge is 2.08. The predicted octanol–water partition coefficient (Wildman–Crippen LogP) is 5.55. The zero-order valence-corrected chi connectivity index (χ0v) is 17.7. The lowest BCUT2D eigenvalue weighted by atomic mass is 10.2. The molecular formula is C19H14Cl4N2O4. The summed E-state index contributed by atoms with van der Waals surface area (Å²) in [5.41, 5.74) is 1.07. The molecule has 0 spiro atoms. The van der Waals surface area contributed by atoms with Crippen molar-refractivity contribution < 1.29 is 19.7 Å². The van der Waals surface area contributed by atoms with Gasteiger partial charge in [-0.2, -0.15) is 0 Å². The minimum absolute atomic E-state index is 0.113. The molecule has 0 fully saturated rings. The first-order chi connectivity index (χ1) is 13.8. The molecule has 0 aliphatic rings. The van der Waals surface area contributed by atoms with Crippen LogP contribution in [0.1, 0.15) is 21.6 Å². The molecule has 0 saturated heterocycles. The number of hydrogen-bond donors (Lipinski definition) is 2. The summed E-state index contributed by atoms with van der Waals surface area (Å²) in [6, 6.07) is 10.3. The summed E-state index contributed by atoms with van der Waals surface area (Å²) in [6.07, 6.45) is 2.35. The summed E-state index contributed by atoms with van der Waals surface area (Å²) in [5.74, 6) is -0.950. The van der Waals surface area contributed by atoms with Gasteiger partial charge in [-0.05, 0) is 24.3 Å². The van der Waals surface area contributed by atoms with Gasteiger partial charge in [-0.15, -0.1) is 0 Å². The predicted molar refractivity (Wildman–Crippen MR) is 112 cm³/mol. The fraction of sp³-hybridized carbons (Fsp3) is 0.105. The third-order valence-corrected chi connectivity index (χ3v) is 4.91. The normalized spacial score (nSPS) is 10.1. The van der Waals surface area contributed by atoms with E-state index in [4.69, 9.17) is 61.4 Å². The summed E-state index contributed by atoms with van der Waals surface area (Å²) in [5, 5.41) is 19.4. The number of hydrogen-bond acceptors (Lipinski definition) is 5. The van der Waals surface area contributed by atoms with Crippen LogP contribution < -0.4 is 4.74 Å². The molecule has 0 aliphatic carbocycles. The Balaban J connectivity index is 0.000000253. The number of carbonyl (C=O) groups is 1. The Labute approximate surface area is 186 Å². The zero-order chi connectivity index (χ0) is 21.4. The molecule has 0 unspecified atom stereocenters. The van der Waals surface area contributed by atoms with Gasteiger partial charge in [0.15, 0.2) is 5.69 Å². The molecule has 1 heterocycles. The molecular weight excluding hydrogens is 462 g/mol. The lowest BCUT2D eigenvalue weighted by Gasteiger charge is -2.08. The Morgan fingerprint density at radius 2 is 1.38 bits per heavy atom. The van der Waals surface area contributed by atoms with Crippen molar-refractivity contribution in [1.82, 2.24) is 9.97 Å². The van der Waals surface area contributed by atoms with E-state index in [0.29, 0.717) is 31.2 Å². The van der Waals surface area contributed by atoms with E-state index in [9.17, 15) is 4.79 Å². The van der Waals surface area contributed by atoms with Gasteiger partial charge in [-0.1, -0.05) is 58.5 Å². The van der Waals surface area contributed by atoms with Gasteiger partial charge in [0.1, 0.15) is 6.61 Å². The quantitative estimate of drug-likeness (QED) is 0.502. The van der Waals surface area contributed by atoms with Crippen LogP contribution in [0, 0.1) is 0 Å². The van der Waals surface area contributed by atoms with Crippen LogP contribution in [0.25, 0.3) is 0 Å². The van der Waals surface area contributed by atoms with E-state index in [1.807, 2.05) is 0 Å². The second-order valence-corrected chi connectivity index (χ2v) is 7.02. The standard InChI is InChI=1S/C12H8Cl2N2O3.C7H6Cl2O/c13-8-2-1-3-9(14)7(8)6-19-11-5-15-10(4-16-11)12(17)18;8-6-2-1-3-7(9)5(6)4-10/h1-5H,6H2,(H,17,18);1-3,10H,4H2. The summed E-state index contributed by atoms with van der Waals surface area (Å²) in [6.45, 7) is 0.0120. The molecule has 0 saturated carbocycles. The topological polar surface area (TPSA) is 92.5 Å². The van der Waals surface area contributed by atoms with Crippen molar-refractivity contribution in [1.29, 1.82) is 0 Å². The van der Waals surface area contributed by atoms with Crippen molar-refractivity contribution in [3.8, 4) is 5.88 Å². The molecule has 29 heavy (non-hydrogen) atoms. The van der Waals surface area contributed by atoms with Crippen molar-refractivity contribution >= 4 is 52.4 Å². The Hall–Kier alpha value is -2.09. The zero-order valence-electron chi connectivity index (χ0n) is 14.7. The molecule has 10 heteroatoms. The minimum Gasteiger partial charge on any atom is -0.476 e. The molecule has 3 aromatic rings. The number of benzene rings is 2. The van der Waals surface area contributed by atoms with E-state index in [1.54, 1.807) is 36.4 Å². The van der Waals surface area contributed by atoms with Crippen LogP contribution in [0.3, 0.4) is 0 Å². The fourth-order valence-electron chi connectivity index (χ4n) is 2.00. The van der Waals surface area contributed by atoms with Crippen molar-refractivity contribution in [2.75, 3.05) is 0 Å². The van der Waals surface area contributed by atoms with E-state index in [1.165, 1.54) is 6.20 Å². The van der Waals surface area contributed by atoms with Gasteiger partial charge in [0.05, 0.1) is 19.0 Å². The summed E-state index contributed by atoms with van der Waals surface area (Å²) in [7, 11) is 0. The van der Waals surface area contributed by atoms with Gasteiger partial charge in [-0.3, -0.25) is 0 Å². The number of aromatic nitrogens is 2. The minimum atomic E-state index is -1.15. The van der Waals surface area contributed by atoms with Crippen LogP contribution in [-0.4, -0.2) is 26.2 Å². The molecule has 1 aromatic heterocycles. The van der Waals surface area contributed by atoms with Crippen LogP contribution in [-0.2, 0) is 13.2 Å². The third kappa shape index (κ3) is 6.73. The first kappa shape index (κ1) is 23.2. The van der Waals surface area contributed by atoms with Crippen molar-refractivity contribution in [3.05, 3.63) is 85.7 Å². The molecule has 0 aliphatic heterocycles. The molecule has 2 N–H and O–H groups in total. The lowest BCUT2D eigenvalue weighted by Crippen LogP contribution is -2.03. The van der Waals surface area contributed by atoms with Gasteiger partial charge < -0.3 is 14.9 Å². The Morgan fingerprint density at radius 3 is 1.76 bits per heavy atom. The van der Waals surface area contributed by atoms with Crippen LogP contribution in [0.5, 0.6) is 5.88 Å². The van der Waals surface area contributed by atoms with Crippen LogP contribution in [0.15, 0.2) is 48.8 Å². The number of carboxylic acid groups (broad SMARTS) is 1. The average molecular weight is 476 g/mol. The van der Waals surface area contributed by atoms with E-state index < -0.39 is 5.97 Å². The molecule has 2 aromatic carbocycles. The Bertz CT molecular complexity index is 944. The van der Waals surface area contributed by atoms with Crippen molar-refractivity contribution in [2.45, 2.75) is 13.2 Å². The average Bonchev–Trinajstić information content (AvgIpc) is 2.69. The van der Waals surface area contributed by atoms with Gasteiger partial charge in [-0.25, -0.2) is 14.8 Å². The van der Waals surface area contributed by atoms with E-state index in [-0.39, 0.29) is 24.8 Å². The van der Waals surface area contributed by atoms with Gasteiger partial charge >= 0.3 is 5.97 Å². The molecule has 6 nitrogen and oxygen atoms in total. The van der Waals surface area contributed by atoms with Gasteiger partial charge in [0, 0.05) is 31.2 Å². The first-order valence-electron chi connectivity index (χ1n) is 7.98. The van der Waals surface area contributed by atoms with E-state index in [0.717, 1.165) is 6.20 Å². The monoisotopic (exact) mass is 474 g/mol. The second-order valence-electron chi connectivity index (χ2n) is 5.39. The molecule has 152 valence electrons. The van der Waals surface area contributed by atoms with Crippen LogP contribution in [0.2, 0.25) is 20.1 Å². The maximum absolute atomic E-state index is 10.6. The summed E-state index contributed by atoms with van der Waals surface area (Å²) >= 11 is 23.3. The first-order valence-corrected chi connectivity index (χ1v) is 9.49. The maximum Gasteiger partial charge on any atom is 0.356 e. The maximum atomic E-state index is 10.6. The Kier molecular flexibility index (Phi) is 8.95. The number of rotatable bonds is 5. The smallest absolute Gasteiger partial charge is 0.356 e. The number of aromatic carboxylic acids is 1. The Morgan fingerprint density at radius 1 is 0.862 bits per heavy atom.